The van der Waals surface area contributed by atoms with Gasteiger partial charge in [0.05, 0.1) is 29.2 Å². The smallest absolute Gasteiger partial charge is 0.255 e. The number of carbonyl (C=O) groups excluding carboxylic acids is 1. The van der Waals surface area contributed by atoms with E-state index < -0.39 is 0 Å². The Kier molecular flexibility index (Phi) is 4.70. The monoisotopic (exact) mass is 333 g/mol. The van der Waals surface area contributed by atoms with E-state index in [0.29, 0.717) is 5.56 Å². The van der Waals surface area contributed by atoms with E-state index in [-0.39, 0.29) is 11.9 Å². The van der Waals surface area contributed by atoms with E-state index in [2.05, 4.69) is 29.5 Å². The molecule has 0 saturated heterocycles. The van der Waals surface area contributed by atoms with Crippen molar-refractivity contribution in [1.29, 1.82) is 0 Å². The third kappa shape index (κ3) is 3.48. The zero-order chi connectivity index (χ0) is 18.0. The van der Waals surface area contributed by atoms with Crippen LogP contribution in [0.2, 0.25) is 0 Å². The molecule has 4 nitrogen and oxygen atoms in total. The summed E-state index contributed by atoms with van der Waals surface area (Å²) >= 11 is 0. The Morgan fingerprint density at radius 2 is 1.84 bits per heavy atom. The fourth-order valence-electron chi connectivity index (χ4n) is 3.08. The van der Waals surface area contributed by atoms with E-state index in [0.717, 1.165) is 22.5 Å². The molecule has 0 aliphatic carbocycles. The number of hydrogen-bond acceptors (Lipinski definition) is 2. The Morgan fingerprint density at radius 3 is 2.56 bits per heavy atom. The number of nitrogens with zero attached hydrogens (tertiary/aromatic N) is 2. The maximum atomic E-state index is 12.7. The van der Waals surface area contributed by atoms with Crippen molar-refractivity contribution in [2.45, 2.75) is 33.7 Å². The highest BCUT2D eigenvalue weighted by Crippen LogP contribution is 2.19. The average Bonchev–Trinajstić information content (AvgIpc) is 2.96. The van der Waals surface area contributed by atoms with E-state index >= 15 is 0 Å². The first-order valence-corrected chi connectivity index (χ1v) is 8.45. The lowest BCUT2D eigenvalue weighted by Crippen LogP contribution is -2.27. The molecule has 0 spiro atoms. The Balaban J connectivity index is 1.83. The third-order valence-electron chi connectivity index (χ3n) is 4.50. The van der Waals surface area contributed by atoms with Crippen molar-refractivity contribution in [3.05, 3.63) is 82.7 Å². The molecule has 1 N–H and O–H groups in total. The van der Waals surface area contributed by atoms with Crippen LogP contribution >= 0.6 is 0 Å². The van der Waals surface area contributed by atoms with Crippen LogP contribution < -0.4 is 5.32 Å². The maximum absolute atomic E-state index is 12.7. The molecule has 0 bridgehead atoms. The van der Waals surface area contributed by atoms with E-state index in [1.165, 1.54) is 5.56 Å². The second-order valence-corrected chi connectivity index (χ2v) is 6.45. The molecule has 0 aliphatic rings. The molecule has 1 amide bonds. The molecule has 1 unspecified atom stereocenters. The van der Waals surface area contributed by atoms with Crippen molar-refractivity contribution in [1.82, 2.24) is 15.1 Å². The van der Waals surface area contributed by atoms with Crippen LogP contribution in [0.5, 0.6) is 0 Å². The zero-order valence-electron chi connectivity index (χ0n) is 15.1. The van der Waals surface area contributed by atoms with Gasteiger partial charge in [0.1, 0.15) is 0 Å². The number of aryl methyl sites for hydroxylation is 2. The first-order valence-electron chi connectivity index (χ1n) is 8.45. The number of carbonyl (C=O) groups is 1. The number of rotatable bonds is 4. The number of hydrogen-bond donors (Lipinski definition) is 1. The van der Waals surface area contributed by atoms with Crippen LogP contribution in [0.4, 0.5) is 0 Å². The van der Waals surface area contributed by atoms with E-state index in [1.807, 2.05) is 57.2 Å². The molecule has 25 heavy (non-hydrogen) atoms. The third-order valence-corrected chi connectivity index (χ3v) is 4.50. The second-order valence-electron chi connectivity index (χ2n) is 6.45. The summed E-state index contributed by atoms with van der Waals surface area (Å²) in [6.07, 6.45) is 1.64. The summed E-state index contributed by atoms with van der Waals surface area (Å²) in [6, 6.07) is 16.1. The van der Waals surface area contributed by atoms with E-state index in [4.69, 9.17) is 0 Å². The number of benzene rings is 2. The minimum Gasteiger partial charge on any atom is -0.345 e. The predicted octanol–water partition coefficient (Wildman–Crippen LogP) is 4.29. The quantitative estimate of drug-likeness (QED) is 0.774. The summed E-state index contributed by atoms with van der Waals surface area (Å²) < 4.78 is 1.81. The Hall–Kier alpha value is -2.88. The standard InChI is InChI=1S/C21H23N3O/c1-14-8-7-10-18(12-14)24-17(4)20(13-22-24)21(25)23-16(3)19-11-6-5-9-15(19)2/h5-13,16H,1-4H3,(H,23,25). The first kappa shape index (κ1) is 17.0. The largest absolute Gasteiger partial charge is 0.345 e. The molecule has 0 aliphatic heterocycles. The summed E-state index contributed by atoms with van der Waals surface area (Å²) in [5.41, 5.74) is 5.85. The fraction of sp³-hybridized carbons (Fsp3) is 0.238. The van der Waals surface area contributed by atoms with Gasteiger partial charge in [-0.15, -0.1) is 0 Å². The van der Waals surface area contributed by atoms with Crippen molar-refractivity contribution >= 4 is 5.91 Å². The van der Waals surface area contributed by atoms with Gasteiger partial charge in [0.25, 0.3) is 5.91 Å². The number of nitrogens with one attached hydrogen (secondary N) is 1. The lowest BCUT2D eigenvalue weighted by molar-refractivity contribution is 0.0939. The predicted molar refractivity (Wildman–Crippen MR) is 100 cm³/mol. The highest BCUT2D eigenvalue weighted by molar-refractivity contribution is 5.95. The van der Waals surface area contributed by atoms with E-state index in [9.17, 15) is 4.79 Å². The van der Waals surface area contributed by atoms with Crippen LogP contribution in [0.3, 0.4) is 0 Å². The summed E-state index contributed by atoms with van der Waals surface area (Å²) in [4.78, 5) is 12.7. The molecule has 0 saturated carbocycles. The Labute approximate surface area is 148 Å². The molecule has 1 atom stereocenters. The summed E-state index contributed by atoms with van der Waals surface area (Å²) in [5, 5.41) is 7.48. The van der Waals surface area contributed by atoms with Gasteiger partial charge < -0.3 is 5.32 Å². The highest BCUT2D eigenvalue weighted by Gasteiger charge is 2.18. The summed E-state index contributed by atoms with van der Waals surface area (Å²) in [6.45, 7) is 8.02. The minimum atomic E-state index is -0.104. The number of aromatic nitrogens is 2. The molecule has 3 aromatic rings. The molecule has 1 aromatic heterocycles. The molecule has 0 fully saturated rings. The lowest BCUT2D eigenvalue weighted by atomic mass is 10.0. The lowest BCUT2D eigenvalue weighted by Gasteiger charge is -2.16. The molecule has 1 heterocycles. The van der Waals surface area contributed by atoms with Gasteiger partial charge in [-0.05, 0) is 56.5 Å². The van der Waals surface area contributed by atoms with Crippen LogP contribution in [0.1, 0.15) is 45.7 Å². The maximum Gasteiger partial charge on any atom is 0.255 e. The average molecular weight is 333 g/mol. The number of amides is 1. The van der Waals surface area contributed by atoms with Gasteiger partial charge in [-0.25, -0.2) is 4.68 Å². The van der Waals surface area contributed by atoms with Gasteiger partial charge in [0.2, 0.25) is 0 Å². The van der Waals surface area contributed by atoms with Crippen molar-refractivity contribution in [3.8, 4) is 5.69 Å². The summed E-state index contributed by atoms with van der Waals surface area (Å²) in [7, 11) is 0. The van der Waals surface area contributed by atoms with Gasteiger partial charge >= 0.3 is 0 Å². The SMILES string of the molecule is Cc1cccc(-n2ncc(C(=O)NC(C)c3ccccc3C)c2C)c1. The first-order chi connectivity index (χ1) is 12.0. The fourth-order valence-corrected chi connectivity index (χ4v) is 3.08. The van der Waals surface area contributed by atoms with Crippen LogP contribution in [-0.4, -0.2) is 15.7 Å². The van der Waals surface area contributed by atoms with Crippen molar-refractivity contribution < 1.29 is 4.79 Å². The van der Waals surface area contributed by atoms with Crippen molar-refractivity contribution in [3.63, 3.8) is 0 Å². The van der Waals surface area contributed by atoms with Crippen LogP contribution in [0.25, 0.3) is 5.69 Å². The van der Waals surface area contributed by atoms with Crippen LogP contribution in [-0.2, 0) is 0 Å². The van der Waals surface area contributed by atoms with Crippen LogP contribution in [0.15, 0.2) is 54.7 Å². The zero-order valence-corrected chi connectivity index (χ0v) is 15.1. The topological polar surface area (TPSA) is 46.9 Å². The second kappa shape index (κ2) is 6.93. The van der Waals surface area contributed by atoms with Gasteiger partial charge in [-0.1, -0.05) is 36.4 Å². The van der Waals surface area contributed by atoms with E-state index in [1.54, 1.807) is 10.9 Å². The van der Waals surface area contributed by atoms with Gasteiger partial charge in [-0.2, -0.15) is 5.10 Å². The van der Waals surface area contributed by atoms with Gasteiger partial charge in [-0.3, -0.25) is 4.79 Å². The molecule has 2 aromatic carbocycles. The molecule has 0 radical (unpaired) electrons. The summed E-state index contributed by atoms with van der Waals surface area (Å²) in [5.74, 6) is -0.104. The van der Waals surface area contributed by atoms with Gasteiger partial charge in [0.15, 0.2) is 0 Å². The van der Waals surface area contributed by atoms with Crippen LogP contribution in [0, 0.1) is 20.8 Å². The molecular formula is C21H23N3O. The van der Waals surface area contributed by atoms with Crippen molar-refractivity contribution in [2.24, 2.45) is 0 Å². The normalized spacial score (nSPS) is 12.0. The Bertz CT molecular complexity index is 911. The van der Waals surface area contributed by atoms with Gasteiger partial charge in [0, 0.05) is 0 Å². The Morgan fingerprint density at radius 1 is 1.08 bits per heavy atom. The minimum absolute atomic E-state index is 0.0598. The molecular weight excluding hydrogens is 310 g/mol. The molecule has 4 heteroatoms. The van der Waals surface area contributed by atoms with Crippen molar-refractivity contribution in [2.75, 3.05) is 0 Å². The molecule has 128 valence electrons. The molecule has 3 rings (SSSR count). The highest BCUT2D eigenvalue weighted by atomic mass is 16.1.